The minimum atomic E-state index is 0.689. The average molecular weight is 292 g/mol. The molecule has 21 heavy (non-hydrogen) atoms. The fourth-order valence-corrected chi connectivity index (χ4v) is 3.11. The zero-order valence-electron chi connectivity index (χ0n) is 11.1. The highest BCUT2D eigenvalue weighted by Gasteiger charge is 2.06. The summed E-state index contributed by atoms with van der Waals surface area (Å²) in [5.41, 5.74) is 12.4. The summed E-state index contributed by atoms with van der Waals surface area (Å²) < 4.78 is 1.16. The minimum Gasteiger partial charge on any atom is -0.397 e. The van der Waals surface area contributed by atoms with Crippen molar-refractivity contribution in [3.05, 3.63) is 54.2 Å². The molecule has 0 bridgehead atoms. The smallest absolute Gasteiger partial charge is 0.0951 e. The molecule has 0 unspecified atom stereocenters. The summed E-state index contributed by atoms with van der Waals surface area (Å²) in [6.07, 6.45) is 1.76. The number of benzene rings is 2. The van der Waals surface area contributed by atoms with Crippen molar-refractivity contribution < 1.29 is 0 Å². The molecule has 0 aliphatic heterocycles. The van der Waals surface area contributed by atoms with Gasteiger partial charge in [-0.1, -0.05) is 0 Å². The Morgan fingerprint density at radius 1 is 1.05 bits per heavy atom. The summed E-state index contributed by atoms with van der Waals surface area (Å²) in [5.74, 6) is 0. The fourth-order valence-electron chi connectivity index (χ4n) is 2.39. The summed E-state index contributed by atoms with van der Waals surface area (Å²) >= 11 is 1.63. The Morgan fingerprint density at radius 2 is 2.00 bits per heavy atom. The summed E-state index contributed by atoms with van der Waals surface area (Å²) in [6.45, 7) is 0. The highest BCUT2D eigenvalue weighted by molar-refractivity contribution is 7.16. The summed E-state index contributed by atoms with van der Waals surface area (Å²) in [5, 5.41) is 4.46. The number of pyridine rings is 1. The number of fused-ring (bicyclic) bond motifs is 2. The fraction of sp³-hybridized carbons (Fsp3) is 0. The second-order valence-corrected chi connectivity index (χ2v) is 5.65. The van der Waals surface area contributed by atoms with Crippen LogP contribution in [0.3, 0.4) is 0 Å². The van der Waals surface area contributed by atoms with Gasteiger partial charge in [0.15, 0.2) is 0 Å². The first-order valence-electron chi connectivity index (χ1n) is 6.55. The molecule has 0 fully saturated rings. The Morgan fingerprint density at radius 3 is 2.95 bits per heavy atom. The van der Waals surface area contributed by atoms with Crippen molar-refractivity contribution in [3.63, 3.8) is 0 Å². The van der Waals surface area contributed by atoms with Crippen LogP contribution in [-0.4, -0.2) is 9.97 Å². The second-order valence-electron chi connectivity index (χ2n) is 4.76. The first kappa shape index (κ1) is 12.1. The van der Waals surface area contributed by atoms with E-state index in [1.807, 2.05) is 41.9 Å². The first-order chi connectivity index (χ1) is 10.3. The monoisotopic (exact) mass is 292 g/mol. The van der Waals surface area contributed by atoms with Gasteiger partial charge >= 0.3 is 0 Å². The molecule has 0 saturated heterocycles. The van der Waals surface area contributed by atoms with E-state index < -0.39 is 0 Å². The maximum absolute atomic E-state index is 5.98. The lowest BCUT2D eigenvalue weighted by atomic mass is 10.1. The standard InChI is InChI=1S/C16H12N4S/c17-12-4-6-13(11-2-1-7-18-16(11)12)20-10-3-5-14-15(8-10)21-9-19-14/h1-9,20H,17H2. The van der Waals surface area contributed by atoms with Crippen LogP contribution < -0.4 is 11.1 Å². The predicted octanol–water partition coefficient (Wildman–Crippen LogP) is 4.17. The van der Waals surface area contributed by atoms with Crippen LogP contribution in [0.5, 0.6) is 0 Å². The summed E-state index contributed by atoms with van der Waals surface area (Å²) in [4.78, 5) is 8.64. The number of rotatable bonds is 2. The molecule has 4 aromatic rings. The van der Waals surface area contributed by atoms with Crippen molar-refractivity contribution in [1.29, 1.82) is 0 Å². The molecule has 2 aromatic heterocycles. The van der Waals surface area contributed by atoms with Gasteiger partial charge in [0.1, 0.15) is 0 Å². The zero-order chi connectivity index (χ0) is 14.2. The van der Waals surface area contributed by atoms with E-state index in [9.17, 15) is 0 Å². The van der Waals surface area contributed by atoms with E-state index >= 15 is 0 Å². The normalized spacial score (nSPS) is 11.0. The van der Waals surface area contributed by atoms with Crippen LogP contribution in [0.25, 0.3) is 21.1 Å². The highest BCUT2D eigenvalue weighted by atomic mass is 32.1. The van der Waals surface area contributed by atoms with Crippen molar-refractivity contribution in [2.24, 2.45) is 0 Å². The number of hydrogen-bond acceptors (Lipinski definition) is 5. The van der Waals surface area contributed by atoms with E-state index in [0.29, 0.717) is 5.69 Å². The Bertz CT molecular complexity index is 945. The van der Waals surface area contributed by atoms with Crippen LogP contribution in [0.1, 0.15) is 0 Å². The molecule has 3 N–H and O–H groups in total. The molecule has 0 atom stereocenters. The van der Waals surface area contributed by atoms with Gasteiger partial charge in [0.2, 0.25) is 0 Å². The van der Waals surface area contributed by atoms with Crippen LogP contribution in [0.15, 0.2) is 54.2 Å². The van der Waals surface area contributed by atoms with Crippen LogP contribution in [0.2, 0.25) is 0 Å². The molecule has 0 aliphatic rings. The number of nitrogens with one attached hydrogen (secondary N) is 1. The molecule has 4 nitrogen and oxygen atoms in total. The summed E-state index contributed by atoms with van der Waals surface area (Å²) in [6, 6.07) is 13.9. The molecule has 2 aromatic carbocycles. The quantitative estimate of drug-likeness (QED) is 0.544. The molecule has 5 heteroatoms. The maximum atomic E-state index is 5.98. The van der Waals surface area contributed by atoms with Crippen molar-refractivity contribution in [1.82, 2.24) is 9.97 Å². The van der Waals surface area contributed by atoms with E-state index in [0.717, 1.165) is 32.5 Å². The molecule has 102 valence electrons. The van der Waals surface area contributed by atoms with E-state index in [1.165, 1.54) is 0 Å². The first-order valence-corrected chi connectivity index (χ1v) is 7.43. The minimum absolute atomic E-state index is 0.689. The van der Waals surface area contributed by atoms with Gasteiger partial charge in [-0.3, -0.25) is 4.98 Å². The third-order valence-corrected chi connectivity index (χ3v) is 4.20. The van der Waals surface area contributed by atoms with E-state index in [4.69, 9.17) is 5.73 Å². The maximum Gasteiger partial charge on any atom is 0.0951 e. The zero-order valence-corrected chi connectivity index (χ0v) is 11.9. The lowest BCUT2D eigenvalue weighted by Gasteiger charge is -2.10. The molecule has 0 aliphatic carbocycles. The predicted molar refractivity (Wildman–Crippen MR) is 89.1 cm³/mol. The number of thiazole rings is 1. The Balaban J connectivity index is 1.81. The van der Waals surface area contributed by atoms with Crippen LogP contribution in [0, 0.1) is 0 Å². The number of nitrogens with two attached hydrogens (primary N) is 1. The molecule has 0 saturated carbocycles. The Kier molecular flexibility index (Phi) is 2.72. The lowest BCUT2D eigenvalue weighted by Crippen LogP contribution is -1.95. The Labute approximate surface area is 125 Å². The number of nitrogens with zero attached hydrogens (tertiary/aromatic N) is 2. The molecule has 4 rings (SSSR count). The van der Waals surface area contributed by atoms with Gasteiger partial charge in [-0.25, -0.2) is 4.98 Å². The molecular weight excluding hydrogens is 280 g/mol. The lowest BCUT2D eigenvalue weighted by molar-refractivity contribution is 1.41. The van der Waals surface area contributed by atoms with E-state index in [-0.39, 0.29) is 0 Å². The van der Waals surface area contributed by atoms with Crippen LogP contribution in [-0.2, 0) is 0 Å². The Hall–Kier alpha value is -2.66. The van der Waals surface area contributed by atoms with Gasteiger partial charge < -0.3 is 11.1 Å². The third-order valence-electron chi connectivity index (χ3n) is 3.41. The van der Waals surface area contributed by atoms with E-state index in [1.54, 1.807) is 17.5 Å². The molecule has 0 radical (unpaired) electrons. The van der Waals surface area contributed by atoms with Crippen molar-refractivity contribution in [2.75, 3.05) is 11.1 Å². The third kappa shape index (κ3) is 2.08. The van der Waals surface area contributed by atoms with Gasteiger partial charge in [-0.15, -0.1) is 11.3 Å². The molecular formula is C16H12N4S. The summed E-state index contributed by atoms with van der Waals surface area (Å²) in [7, 11) is 0. The number of anilines is 3. The van der Waals surface area contributed by atoms with Gasteiger partial charge in [0, 0.05) is 23.0 Å². The van der Waals surface area contributed by atoms with Crippen molar-refractivity contribution in [2.45, 2.75) is 0 Å². The van der Waals surface area contributed by atoms with Crippen LogP contribution >= 0.6 is 11.3 Å². The van der Waals surface area contributed by atoms with E-state index in [2.05, 4.69) is 21.4 Å². The topological polar surface area (TPSA) is 63.8 Å². The molecule has 0 amide bonds. The largest absolute Gasteiger partial charge is 0.397 e. The number of nitrogen functional groups attached to an aromatic ring is 1. The SMILES string of the molecule is Nc1ccc(Nc2ccc3ncsc3c2)c2cccnc12. The van der Waals surface area contributed by atoms with Gasteiger partial charge in [-0.2, -0.15) is 0 Å². The average Bonchev–Trinajstić information content (AvgIpc) is 2.98. The van der Waals surface area contributed by atoms with Crippen LogP contribution in [0.4, 0.5) is 17.1 Å². The number of hydrogen-bond donors (Lipinski definition) is 2. The highest BCUT2D eigenvalue weighted by Crippen LogP contribution is 2.30. The number of aromatic nitrogens is 2. The molecule has 0 spiro atoms. The van der Waals surface area contributed by atoms with Gasteiger partial charge in [-0.05, 0) is 42.5 Å². The van der Waals surface area contributed by atoms with Crippen molar-refractivity contribution >= 4 is 49.5 Å². The molecule has 2 heterocycles. The van der Waals surface area contributed by atoms with Gasteiger partial charge in [0.25, 0.3) is 0 Å². The second kappa shape index (κ2) is 4.71. The van der Waals surface area contributed by atoms with Crippen molar-refractivity contribution in [3.8, 4) is 0 Å². The van der Waals surface area contributed by atoms with Gasteiger partial charge in [0.05, 0.1) is 26.9 Å².